The van der Waals surface area contributed by atoms with Crippen LogP contribution in [0.3, 0.4) is 0 Å². The fraction of sp³-hybridized carbons (Fsp3) is 0. The summed E-state index contributed by atoms with van der Waals surface area (Å²) in [6, 6.07) is 14.1. The molecule has 0 unspecified atom stereocenters. The van der Waals surface area contributed by atoms with E-state index in [0.29, 0.717) is 0 Å². The quantitative estimate of drug-likeness (QED) is 0.0812. The number of amidine groups is 4. The summed E-state index contributed by atoms with van der Waals surface area (Å²) >= 11 is 0. The molecule has 0 bridgehead atoms. The van der Waals surface area contributed by atoms with Gasteiger partial charge in [0.25, 0.3) is 23.3 Å². The van der Waals surface area contributed by atoms with Gasteiger partial charge in [-0.3, -0.25) is 44.6 Å². The van der Waals surface area contributed by atoms with Gasteiger partial charge in [-0.25, -0.2) is 0 Å². The van der Waals surface area contributed by atoms with Crippen LogP contribution < -0.4 is 85.4 Å². The number of aliphatic carboxylic acids is 8. The molecule has 0 saturated carbocycles. The second kappa shape index (κ2) is 27.3. The van der Waals surface area contributed by atoms with Crippen molar-refractivity contribution in [1.29, 1.82) is 0 Å². The third kappa shape index (κ3) is 30.8. The van der Waals surface area contributed by atoms with Crippen molar-refractivity contribution in [3.63, 3.8) is 0 Å². The van der Waals surface area contributed by atoms with Gasteiger partial charge in [0.1, 0.15) is 0 Å². The van der Waals surface area contributed by atoms with Crippen molar-refractivity contribution in [2.45, 2.75) is 0 Å². The van der Waals surface area contributed by atoms with Crippen molar-refractivity contribution in [3.8, 4) is 0 Å². The van der Waals surface area contributed by atoms with Crippen LogP contribution in [0.5, 0.6) is 0 Å². The van der Waals surface area contributed by atoms with Crippen molar-refractivity contribution in [3.05, 3.63) is 70.8 Å². The smallest absolute Gasteiger partial charge is 0.543 e. The maximum Gasteiger partial charge on any atom is 4.00 e. The van der Waals surface area contributed by atoms with E-state index in [4.69, 9.17) is 124 Å². The molecule has 0 radical (unpaired) electrons. The average Bonchev–Trinajstić information content (AvgIpc) is 2.98. The van der Waals surface area contributed by atoms with Gasteiger partial charge in [-0.15, -0.1) is 0 Å². The van der Waals surface area contributed by atoms with Gasteiger partial charge in [0, 0.05) is 0 Å². The van der Waals surface area contributed by atoms with Gasteiger partial charge in [-0.1, -0.05) is 0 Å². The van der Waals surface area contributed by atoms with Crippen molar-refractivity contribution >= 4 is 71.1 Å². The normalized spacial score (nSPS) is 8.16. The van der Waals surface area contributed by atoms with Crippen LogP contribution >= 0.6 is 0 Å². The summed E-state index contributed by atoms with van der Waals surface area (Å²) in [7, 11) is 0. The first-order chi connectivity index (χ1) is 21.8. The van der Waals surface area contributed by atoms with Crippen LogP contribution in [-0.4, -0.2) is 71.1 Å². The largest absolute Gasteiger partial charge is 4.00 e. The van der Waals surface area contributed by atoms with Crippen molar-refractivity contribution in [2.24, 2.45) is 22.9 Å². The first-order valence-corrected chi connectivity index (χ1v) is 11.2. The summed E-state index contributed by atoms with van der Waals surface area (Å²) in [5, 5.41) is 92.9. The van der Waals surface area contributed by atoms with Gasteiger partial charge >= 0.3 is 26.2 Å². The Bertz CT molecular complexity index is 1270. The second-order valence-corrected chi connectivity index (χ2v) is 7.28. The van der Waals surface area contributed by atoms with Crippen LogP contribution in [-0.2, 0) is 64.6 Å². The Morgan fingerprint density at radius 1 is 0.327 bits per heavy atom. The number of rotatable bonds is 4. The summed E-state index contributed by atoms with van der Waals surface area (Å²) in [4.78, 5) is 71.4. The van der Waals surface area contributed by atoms with Gasteiger partial charge in [0.05, 0.1) is 70.0 Å². The van der Waals surface area contributed by atoms with E-state index >= 15 is 0 Å². The zero-order valence-electron chi connectivity index (χ0n) is 24.3. The minimum absolute atomic E-state index is 0. The molecule has 0 aliphatic rings. The van der Waals surface area contributed by atoms with E-state index in [2.05, 4.69) is 0 Å². The van der Waals surface area contributed by atoms with Gasteiger partial charge in [0.15, 0.2) is 0 Å². The van der Waals surface area contributed by atoms with E-state index in [1.807, 2.05) is 0 Å². The molecule has 0 saturated heterocycles. The summed E-state index contributed by atoms with van der Waals surface area (Å²) in [6.45, 7) is 0. The van der Waals surface area contributed by atoms with Crippen LogP contribution in [0.1, 0.15) is 22.3 Å². The predicted octanol–water partition coefficient (Wildman–Crippen LogP) is -20.8. The Morgan fingerprint density at radius 3 is 0.449 bits per heavy atom. The molecule has 24 nitrogen and oxygen atoms in total. The van der Waals surface area contributed by atoms with Crippen molar-refractivity contribution in [2.75, 3.05) is 0 Å². The van der Waals surface area contributed by atoms with Crippen LogP contribution in [0.25, 0.3) is 0 Å². The molecule has 0 spiro atoms. The third-order valence-corrected chi connectivity index (χ3v) is 3.77. The predicted molar refractivity (Wildman–Crippen MR) is 134 cm³/mol. The number of benzene rings is 2. The Balaban J connectivity index is -0.000000163. The summed E-state index contributed by atoms with van der Waals surface area (Å²) in [5.41, 5.74) is 24.6. The molecule has 0 atom stereocenters. The molecular weight excluding hydrogens is 748 g/mol. The molecule has 16 N–H and O–H groups in total. The Kier molecular flexibility index (Phi) is 28.7. The van der Waals surface area contributed by atoms with E-state index < -0.39 is 47.8 Å². The van der Waals surface area contributed by atoms with E-state index in [0.717, 1.165) is 22.3 Å². The molecule has 49 heavy (non-hydrogen) atoms. The maximum atomic E-state index is 8.93. The van der Waals surface area contributed by atoms with Gasteiger partial charge in [-0.2, -0.15) is 0 Å². The van der Waals surface area contributed by atoms with E-state index in [1.54, 1.807) is 48.5 Å². The molecule has 0 aromatic heterocycles. The summed E-state index contributed by atoms with van der Waals surface area (Å²) in [6.07, 6.45) is 0. The van der Waals surface area contributed by atoms with Crippen LogP contribution in [0, 0.1) is 0 Å². The molecule has 25 heteroatoms. The fourth-order valence-corrected chi connectivity index (χ4v) is 1.71. The molecule has 260 valence electrons. The average molecular weight is 772 g/mol. The Morgan fingerprint density at radius 2 is 0.408 bits per heavy atom. The Hall–Kier alpha value is -7.04. The number of carboxylic acids is 8. The minimum atomic E-state index is -2.19. The molecule has 2 aromatic carbocycles. The fourth-order valence-electron chi connectivity index (χ4n) is 1.71. The van der Waals surface area contributed by atoms with E-state index in [-0.39, 0.29) is 49.5 Å². The number of nitrogens with two attached hydrogens (primary N) is 8. The minimum Gasteiger partial charge on any atom is -0.543 e. The van der Waals surface area contributed by atoms with Gasteiger partial charge in [0.2, 0.25) is 0 Å². The number of carbonyl (C=O) groups is 8. The zero-order chi connectivity index (χ0) is 38.9. The van der Waals surface area contributed by atoms with Crippen LogP contribution in [0.2, 0.25) is 0 Å². The third-order valence-electron chi connectivity index (χ3n) is 3.77. The Labute approximate surface area is 291 Å². The van der Waals surface area contributed by atoms with Gasteiger partial charge < -0.3 is 79.2 Å². The molecule has 2 rings (SSSR count). The van der Waals surface area contributed by atoms with Crippen LogP contribution in [0.15, 0.2) is 48.5 Å². The van der Waals surface area contributed by atoms with E-state index in [1.165, 1.54) is 0 Å². The number of carbonyl (C=O) groups excluding carboxylic acids is 8. The van der Waals surface area contributed by atoms with Crippen molar-refractivity contribution in [1.82, 2.24) is 0 Å². The molecule has 0 heterocycles. The monoisotopic (exact) mass is 770 g/mol. The summed E-state index contributed by atoms with van der Waals surface area (Å²) < 4.78 is 0. The molecule has 0 aliphatic carbocycles. The first kappa shape index (κ1) is 51.5. The number of carboxylic acid groups (broad SMARTS) is 8. The molecular formula is C24H24N8O16Zr. The standard InChI is InChI=1S/2C8H10N4.4C2H2O4.Zr/c2*9-7(10)5-1-2-6(4-3-5)8(11)12;4*3-1(4)2(5)6;/h2*1-4H,(H3,9,10)(H3,11,12);4*(H,3,4)(H,5,6);/q;;;;;;+4/p-4. The SMILES string of the molecule is NC(=[NH2+])c1ccc(C(N)=[NH2+])cc1.NC(=[NH2+])c1ccc(C(N)=[NH2+])cc1.O=C([O-])C(=O)[O-].O=C([O-])C(=O)[O-].O=C([O-])C(=O)[O-].O=C([O-])C(=O)[O-].[Zr+4]. The maximum absolute atomic E-state index is 8.93. The summed E-state index contributed by atoms with van der Waals surface area (Å²) in [5.74, 6) is -16.3. The van der Waals surface area contributed by atoms with Crippen LogP contribution in [0.4, 0.5) is 0 Å². The second-order valence-electron chi connectivity index (χ2n) is 7.28. The molecule has 0 aliphatic heterocycles. The number of hydrogen-bond acceptors (Lipinski definition) is 16. The zero-order valence-corrected chi connectivity index (χ0v) is 26.7. The first-order valence-electron chi connectivity index (χ1n) is 11.2. The molecule has 0 amide bonds. The topological polar surface area (TPSA) is 527 Å². The number of hydrogen-bond donors (Lipinski definition) is 8. The molecule has 0 fully saturated rings. The van der Waals surface area contributed by atoms with Gasteiger partial charge in [-0.05, 0) is 48.5 Å². The van der Waals surface area contributed by atoms with Crippen molar-refractivity contribution < 1.29 is 127 Å². The molecule has 2 aromatic rings. The van der Waals surface area contributed by atoms with E-state index in [9.17, 15) is 0 Å².